The molecule has 1 atom stereocenters. The Labute approximate surface area is 90.1 Å². The van der Waals surface area contributed by atoms with E-state index in [2.05, 4.69) is 5.32 Å². The fraction of sp³-hybridized carbons (Fsp3) is 0.455. The highest BCUT2D eigenvalue weighted by atomic mass is 16.5. The van der Waals surface area contributed by atoms with E-state index in [1.165, 1.54) is 0 Å². The van der Waals surface area contributed by atoms with Crippen LogP contribution in [0, 0.1) is 6.92 Å². The first-order chi connectivity index (χ1) is 7.17. The zero-order valence-corrected chi connectivity index (χ0v) is 9.16. The number of nitrogens with one attached hydrogen (secondary N) is 1. The highest BCUT2D eigenvalue weighted by Crippen LogP contribution is 2.24. The van der Waals surface area contributed by atoms with Gasteiger partial charge >= 0.3 is 0 Å². The lowest BCUT2D eigenvalue weighted by molar-refractivity contribution is 0.270. The van der Waals surface area contributed by atoms with Gasteiger partial charge < -0.3 is 20.9 Å². The van der Waals surface area contributed by atoms with Crippen LogP contribution in [0.25, 0.3) is 0 Å². The van der Waals surface area contributed by atoms with E-state index in [9.17, 15) is 0 Å². The van der Waals surface area contributed by atoms with Crippen LogP contribution in [0.2, 0.25) is 0 Å². The molecule has 1 aromatic rings. The lowest BCUT2D eigenvalue weighted by Crippen LogP contribution is -2.32. The number of hydrogen-bond donors (Lipinski definition) is 3. The number of anilines is 1. The summed E-state index contributed by atoms with van der Waals surface area (Å²) in [5.41, 5.74) is 7.65. The fourth-order valence-corrected chi connectivity index (χ4v) is 1.27. The maximum atomic E-state index is 8.80. The molecular weight excluding hydrogens is 192 g/mol. The largest absolute Gasteiger partial charge is 0.495 e. The van der Waals surface area contributed by atoms with Gasteiger partial charge in [-0.15, -0.1) is 0 Å². The summed E-state index contributed by atoms with van der Waals surface area (Å²) in [5, 5.41) is 11.9. The molecule has 0 aliphatic heterocycles. The minimum atomic E-state index is -0.254. The summed E-state index contributed by atoms with van der Waals surface area (Å²) in [6.45, 7) is 2.51. The van der Waals surface area contributed by atoms with Gasteiger partial charge in [-0.1, -0.05) is 6.07 Å². The number of benzene rings is 1. The summed E-state index contributed by atoms with van der Waals surface area (Å²) in [6, 6.07) is 5.62. The van der Waals surface area contributed by atoms with E-state index in [1.807, 2.05) is 25.1 Å². The summed E-state index contributed by atoms with van der Waals surface area (Å²) in [4.78, 5) is 0. The van der Waals surface area contributed by atoms with Crippen LogP contribution in [0.3, 0.4) is 0 Å². The topological polar surface area (TPSA) is 67.5 Å². The molecule has 1 aromatic carbocycles. The molecule has 0 fully saturated rings. The summed E-state index contributed by atoms with van der Waals surface area (Å²) < 4.78 is 5.20. The fourth-order valence-electron chi connectivity index (χ4n) is 1.27. The van der Waals surface area contributed by atoms with Crippen LogP contribution in [0.4, 0.5) is 5.69 Å². The molecule has 1 unspecified atom stereocenters. The smallest absolute Gasteiger partial charge is 0.141 e. The first-order valence-electron chi connectivity index (χ1n) is 4.92. The van der Waals surface area contributed by atoms with Crippen LogP contribution in [-0.2, 0) is 0 Å². The molecule has 0 heterocycles. The van der Waals surface area contributed by atoms with E-state index in [0.29, 0.717) is 6.54 Å². The van der Waals surface area contributed by atoms with Gasteiger partial charge in [0.05, 0.1) is 19.4 Å². The lowest BCUT2D eigenvalue weighted by Gasteiger charge is -2.14. The predicted octanol–water partition coefficient (Wildman–Crippen LogP) is 0.735. The Morgan fingerprint density at radius 2 is 2.27 bits per heavy atom. The van der Waals surface area contributed by atoms with Gasteiger partial charge in [0.25, 0.3) is 0 Å². The van der Waals surface area contributed by atoms with Crippen molar-refractivity contribution in [3.05, 3.63) is 23.8 Å². The van der Waals surface area contributed by atoms with E-state index in [1.54, 1.807) is 7.11 Å². The van der Waals surface area contributed by atoms with Crippen molar-refractivity contribution in [3.63, 3.8) is 0 Å². The van der Waals surface area contributed by atoms with Gasteiger partial charge in [-0.3, -0.25) is 0 Å². The van der Waals surface area contributed by atoms with Gasteiger partial charge in [0.2, 0.25) is 0 Å². The first-order valence-corrected chi connectivity index (χ1v) is 4.92. The second-order valence-electron chi connectivity index (χ2n) is 3.53. The molecule has 0 amide bonds. The van der Waals surface area contributed by atoms with Crippen molar-refractivity contribution in [2.75, 3.05) is 25.6 Å². The molecule has 4 N–H and O–H groups in total. The summed E-state index contributed by atoms with van der Waals surface area (Å²) in [6.07, 6.45) is 0. The van der Waals surface area contributed by atoms with Crippen molar-refractivity contribution in [2.24, 2.45) is 5.73 Å². The monoisotopic (exact) mass is 210 g/mol. The van der Waals surface area contributed by atoms with Crippen molar-refractivity contribution in [2.45, 2.75) is 13.0 Å². The molecule has 0 radical (unpaired) electrons. The first kappa shape index (κ1) is 11.8. The zero-order valence-electron chi connectivity index (χ0n) is 9.16. The van der Waals surface area contributed by atoms with Gasteiger partial charge in [-0.05, 0) is 24.6 Å². The SMILES string of the molecule is COc1ccc(C)cc1NCC(N)CO. The van der Waals surface area contributed by atoms with Gasteiger partial charge in [0, 0.05) is 12.6 Å². The Hall–Kier alpha value is -1.26. The zero-order chi connectivity index (χ0) is 11.3. The summed E-state index contributed by atoms with van der Waals surface area (Å²) in [5.74, 6) is 0.783. The second kappa shape index (κ2) is 5.58. The third kappa shape index (κ3) is 3.42. The molecule has 4 heteroatoms. The lowest BCUT2D eigenvalue weighted by atomic mass is 10.2. The van der Waals surface area contributed by atoms with Gasteiger partial charge in [-0.25, -0.2) is 0 Å². The Kier molecular flexibility index (Phi) is 4.39. The molecule has 0 spiro atoms. The van der Waals surface area contributed by atoms with Crippen LogP contribution in [0.1, 0.15) is 5.56 Å². The molecule has 0 aliphatic carbocycles. The maximum Gasteiger partial charge on any atom is 0.141 e. The normalized spacial score (nSPS) is 12.3. The molecule has 0 saturated heterocycles. The molecule has 0 saturated carbocycles. The van der Waals surface area contributed by atoms with Crippen molar-refractivity contribution in [1.29, 1.82) is 0 Å². The Balaban J connectivity index is 2.69. The average Bonchev–Trinajstić information content (AvgIpc) is 2.26. The molecule has 1 rings (SSSR count). The number of aliphatic hydroxyl groups excluding tert-OH is 1. The molecular formula is C11H18N2O2. The standard InChI is InChI=1S/C11H18N2O2/c1-8-3-4-11(15-2)10(5-8)13-6-9(12)7-14/h3-5,9,13-14H,6-7,12H2,1-2H3. The van der Waals surface area contributed by atoms with Crippen LogP contribution in [-0.4, -0.2) is 31.4 Å². The molecule has 0 aromatic heterocycles. The van der Waals surface area contributed by atoms with Gasteiger partial charge in [0.1, 0.15) is 5.75 Å². The highest BCUT2D eigenvalue weighted by molar-refractivity contribution is 5.58. The third-order valence-electron chi connectivity index (χ3n) is 2.14. The number of nitrogens with two attached hydrogens (primary N) is 1. The number of rotatable bonds is 5. The average molecular weight is 210 g/mol. The van der Waals surface area contributed by atoms with Crippen molar-refractivity contribution >= 4 is 5.69 Å². The number of methoxy groups -OCH3 is 1. The van der Waals surface area contributed by atoms with Crippen LogP contribution < -0.4 is 15.8 Å². The molecule has 15 heavy (non-hydrogen) atoms. The quantitative estimate of drug-likeness (QED) is 0.670. The Morgan fingerprint density at radius 3 is 2.87 bits per heavy atom. The second-order valence-corrected chi connectivity index (χ2v) is 3.53. The van der Waals surface area contributed by atoms with E-state index in [-0.39, 0.29) is 12.6 Å². The van der Waals surface area contributed by atoms with Crippen LogP contribution >= 0.6 is 0 Å². The minimum absolute atomic E-state index is 0.0267. The molecule has 84 valence electrons. The minimum Gasteiger partial charge on any atom is -0.495 e. The van der Waals surface area contributed by atoms with Crippen molar-refractivity contribution in [3.8, 4) is 5.75 Å². The maximum absolute atomic E-state index is 8.80. The summed E-state index contributed by atoms with van der Waals surface area (Å²) in [7, 11) is 1.63. The molecule has 0 bridgehead atoms. The van der Waals surface area contributed by atoms with E-state index in [4.69, 9.17) is 15.6 Å². The van der Waals surface area contributed by atoms with Gasteiger partial charge in [0.15, 0.2) is 0 Å². The van der Waals surface area contributed by atoms with Gasteiger partial charge in [-0.2, -0.15) is 0 Å². The Bertz CT molecular complexity index is 315. The van der Waals surface area contributed by atoms with Crippen LogP contribution in [0.5, 0.6) is 5.75 Å². The number of aryl methyl sites for hydroxylation is 1. The number of hydrogen-bond acceptors (Lipinski definition) is 4. The highest BCUT2D eigenvalue weighted by Gasteiger charge is 2.04. The van der Waals surface area contributed by atoms with Crippen molar-refractivity contribution in [1.82, 2.24) is 0 Å². The van der Waals surface area contributed by atoms with E-state index >= 15 is 0 Å². The van der Waals surface area contributed by atoms with Crippen LogP contribution in [0.15, 0.2) is 18.2 Å². The Morgan fingerprint density at radius 1 is 1.53 bits per heavy atom. The number of ether oxygens (including phenoxy) is 1. The summed E-state index contributed by atoms with van der Waals surface area (Å²) >= 11 is 0. The van der Waals surface area contributed by atoms with E-state index < -0.39 is 0 Å². The predicted molar refractivity (Wildman–Crippen MR) is 61.3 cm³/mol. The third-order valence-corrected chi connectivity index (χ3v) is 2.14. The molecule has 0 aliphatic rings. The van der Waals surface area contributed by atoms with Crippen molar-refractivity contribution < 1.29 is 9.84 Å². The van der Waals surface area contributed by atoms with E-state index in [0.717, 1.165) is 17.0 Å². The molecule has 4 nitrogen and oxygen atoms in total. The number of aliphatic hydroxyl groups is 1.